The molecule has 0 atom stereocenters. The van der Waals surface area contributed by atoms with Gasteiger partial charge >= 0.3 is 0 Å². The maximum atomic E-state index is 11.6. The van der Waals surface area contributed by atoms with Gasteiger partial charge in [-0.05, 0) is 36.2 Å². The van der Waals surface area contributed by atoms with Gasteiger partial charge in [-0.25, -0.2) is 0 Å². The van der Waals surface area contributed by atoms with Crippen LogP contribution >= 0.6 is 24.0 Å². The molecule has 29 heavy (non-hydrogen) atoms. The Balaban J connectivity index is 0.00000300. The Kier molecular flexibility index (Phi) is 8.84. The smallest absolute Gasteiger partial charge is 0.224 e. The molecule has 0 unspecified atom stereocenters. The maximum Gasteiger partial charge on any atom is 0.224 e. The molecule has 8 nitrogen and oxygen atoms in total. The lowest BCUT2D eigenvalue weighted by atomic mass is 10.2. The minimum atomic E-state index is 0. The summed E-state index contributed by atoms with van der Waals surface area (Å²) >= 11 is 0. The van der Waals surface area contributed by atoms with Crippen LogP contribution in [0.15, 0.2) is 53.7 Å². The minimum Gasteiger partial charge on any atom is -0.352 e. The Morgan fingerprint density at radius 2 is 1.83 bits per heavy atom. The van der Waals surface area contributed by atoms with Crippen LogP contribution in [0.3, 0.4) is 0 Å². The number of hydrogen-bond acceptors (Lipinski definition) is 4. The van der Waals surface area contributed by atoms with Crippen molar-refractivity contribution in [1.29, 1.82) is 0 Å². The van der Waals surface area contributed by atoms with Crippen molar-refractivity contribution in [2.75, 3.05) is 12.4 Å². The SMILES string of the molecule is CCCC(=O)Nc1ccc(CNC(=NC)NCc2nnc3ccccn23)cc1.I. The number of nitrogens with zero attached hydrogens (tertiary/aromatic N) is 4. The summed E-state index contributed by atoms with van der Waals surface area (Å²) in [4.78, 5) is 15.9. The first-order valence-electron chi connectivity index (χ1n) is 9.31. The molecule has 0 bridgehead atoms. The van der Waals surface area contributed by atoms with E-state index in [4.69, 9.17) is 0 Å². The summed E-state index contributed by atoms with van der Waals surface area (Å²) in [5.41, 5.74) is 2.71. The lowest BCUT2D eigenvalue weighted by molar-refractivity contribution is -0.116. The number of amides is 1. The molecule has 0 aliphatic rings. The van der Waals surface area contributed by atoms with E-state index in [2.05, 4.69) is 31.1 Å². The van der Waals surface area contributed by atoms with Gasteiger partial charge in [0.25, 0.3) is 0 Å². The van der Waals surface area contributed by atoms with E-state index < -0.39 is 0 Å². The molecule has 3 aromatic rings. The largest absolute Gasteiger partial charge is 0.352 e. The summed E-state index contributed by atoms with van der Waals surface area (Å²) in [5, 5.41) is 17.7. The number of carbonyl (C=O) groups excluding carboxylic acids is 1. The van der Waals surface area contributed by atoms with Crippen molar-refractivity contribution in [3.8, 4) is 0 Å². The van der Waals surface area contributed by atoms with Gasteiger partial charge in [-0.3, -0.25) is 14.2 Å². The summed E-state index contributed by atoms with van der Waals surface area (Å²) in [7, 11) is 1.73. The lowest BCUT2D eigenvalue weighted by Gasteiger charge is -2.12. The Hall–Kier alpha value is -2.69. The monoisotopic (exact) mass is 507 g/mol. The van der Waals surface area contributed by atoms with E-state index in [0.29, 0.717) is 25.5 Å². The summed E-state index contributed by atoms with van der Waals surface area (Å²) in [6.45, 7) is 3.11. The zero-order valence-corrected chi connectivity index (χ0v) is 18.9. The normalized spacial score (nSPS) is 11.0. The predicted molar refractivity (Wildman–Crippen MR) is 125 cm³/mol. The number of fused-ring (bicyclic) bond motifs is 1. The van der Waals surface area contributed by atoms with Crippen molar-refractivity contribution < 1.29 is 4.79 Å². The number of hydrogen-bond donors (Lipinski definition) is 3. The van der Waals surface area contributed by atoms with Crippen LogP contribution in [0.4, 0.5) is 5.69 Å². The number of pyridine rings is 1. The molecule has 0 aliphatic carbocycles. The van der Waals surface area contributed by atoms with Gasteiger partial charge in [-0.1, -0.05) is 25.1 Å². The molecule has 0 saturated carbocycles. The van der Waals surface area contributed by atoms with E-state index in [1.807, 2.05) is 60.0 Å². The van der Waals surface area contributed by atoms with E-state index in [-0.39, 0.29) is 29.9 Å². The topological polar surface area (TPSA) is 95.7 Å². The number of halogens is 1. The van der Waals surface area contributed by atoms with Gasteiger partial charge in [-0.15, -0.1) is 34.2 Å². The van der Waals surface area contributed by atoms with E-state index in [9.17, 15) is 4.79 Å². The summed E-state index contributed by atoms with van der Waals surface area (Å²) < 4.78 is 1.94. The second-order valence-corrected chi connectivity index (χ2v) is 6.32. The van der Waals surface area contributed by atoms with E-state index in [1.54, 1.807) is 7.05 Å². The van der Waals surface area contributed by atoms with Crippen molar-refractivity contribution in [3.05, 3.63) is 60.0 Å². The standard InChI is InChI=1S/C20H25N7O.HI/c1-3-6-19(28)24-16-10-8-15(9-11-16)13-22-20(21-2)23-14-18-26-25-17-7-4-5-12-27(17)18;/h4-5,7-12H,3,6,13-14H2,1-2H3,(H,24,28)(H2,21,22,23);1H. The third-order valence-electron chi connectivity index (χ3n) is 4.20. The highest BCUT2D eigenvalue weighted by Crippen LogP contribution is 2.10. The molecule has 2 aromatic heterocycles. The maximum absolute atomic E-state index is 11.6. The fourth-order valence-electron chi connectivity index (χ4n) is 2.74. The van der Waals surface area contributed by atoms with E-state index in [0.717, 1.165) is 29.1 Å². The third-order valence-corrected chi connectivity index (χ3v) is 4.20. The lowest BCUT2D eigenvalue weighted by Crippen LogP contribution is -2.36. The van der Waals surface area contributed by atoms with Gasteiger partial charge in [0.1, 0.15) is 0 Å². The Morgan fingerprint density at radius 3 is 2.55 bits per heavy atom. The number of aromatic nitrogens is 3. The zero-order chi connectivity index (χ0) is 19.8. The number of rotatable bonds is 7. The van der Waals surface area contributed by atoms with Gasteiger partial charge in [0, 0.05) is 31.9 Å². The summed E-state index contributed by atoms with van der Waals surface area (Å²) in [6, 6.07) is 13.6. The number of carbonyl (C=O) groups is 1. The van der Waals surface area contributed by atoms with Crippen molar-refractivity contribution in [1.82, 2.24) is 25.2 Å². The first kappa shape index (κ1) is 22.6. The van der Waals surface area contributed by atoms with E-state index in [1.165, 1.54) is 0 Å². The Morgan fingerprint density at radius 1 is 1.07 bits per heavy atom. The molecule has 9 heteroatoms. The average molecular weight is 507 g/mol. The van der Waals surface area contributed by atoms with Crippen LogP contribution in [0.1, 0.15) is 31.2 Å². The molecule has 0 spiro atoms. The molecule has 0 radical (unpaired) electrons. The number of aliphatic imine (C=N–C) groups is 1. The highest BCUT2D eigenvalue weighted by molar-refractivity contribution is 14.0. The third kappa shape index (κ3) is 6.41. The van der Waals surface area contributed by atoms with Crippen molar-refractivity contribution in [2.24, 2.45) is 4.99 Å². The minimum absolute atomic E-state index is 0. The molecular formula is C20H26IN7O. The predicted octanol–water partition coefficient (Wildman–Crippen LogP) is 2.95. The highest BCUT2D eigenvalue weighted by Gasteiger charge is 2.06. The molecule has 0 fully saturated rings. The second kappa shape index (κ2) is 11.3. The number of anilines is 1. The molecule has 1 aromatic carbocycles. The van der Waals surface area contributed by atoms with Crippen LogP contribution in [-0.2, 0) is 17.9 Å². The van der Waals surface area contributed by atoms with Crippen LogP contribution in [0.2, 0.25) is 0 Å². The molecule has 3 rings (SSSR count). The Labute approximate surface area is 187 Å². The molecule has 0 aliphatic heterocycles. The second-order valence-electron chi connectivity index (χ2n) is 6.32. The fraction of sp³-hybridized carbons (Fsp3) is 0.300. The highest BCUT2D eigenvalue weighted by atomic mass is 127. The molecule has 1 amide bonds. The van der Waals surface area contributed by atoms with Gasteiger partial charge in [0.05, 0.1) is 6.54 Å². The van der Waals surface area contributed by atoms with Gasteiger partial charge < -0.3 is 16.0 Å². The molecule has 3 N–H and O–H groups in total. The van der Waals surface area contributed by atoms with E-state index >= 15 is 0 Å². The molecular weight excluding hydrogens is 481 g/mol. The average Bonchev–Trinajstić information content (AvgIpc) is 3.13. The number of guanidine groups is 1. The van der Waals surface area contributed by atoms with Gasteiger partial charge in [0.2, 0.25) is 5.91 Å². The van der Waals surface area contributed by atoms with Crippen molar-refractivity contribution >= 4 is 47.2 Å². The molecule has 154 valence electrons. The zero-order valence-electron chi connectivity index (χ0n) is 16.6. The molecule has 0 saturated heterocycles. The van der Waals surface area contributed by atoms with Crippen LogP contribution in [0, 0.1) is 0 Å². The van der Waals surface area contributed by atoms with Crippen LogP contribution in [0.25, 0.3) is 5.65 Å². The van der Waals surface area contributed by atoms with Crippen LogP contribution in [0.5, 0.6) is 0 Å². The van der Waals surface area contributed by atoms with Crippen LogP contribution in [-0.4, -0.2) is 33.5 Å². The summed E-state index contributed by atoms with van der Waals surface area (Å²) in [6.07, 6.45) is 3.31. The van der Waals surface area contributed by atoms with Gasteiger partial charge in [-0.2, -0.15) is 0 Å². The fourth-order valence-corrected chi connectivity index (χ4v) is 2.74. The van der Waals surface area contributed by atoms with Crippen LogP contribution < -0.4 is 16.0 Å². The molecule has 2 heterocycles. The van der Waals surface area contributed by atoms with Crippen molar-refractivity contribution in [2.45, 2.75) is 32.9 Å². The summed E-state index contributed by atoms with van der Waals surface area (Å²) in [5.74, 6) is 1.53. The quantitative estimate of drug-likeness (QED) is 0.260. The van der Waals surface area contributed by atoms with Gasteiger partial charge in [0.15, 0.2) is 17.4 Å². The number of nitrogens with one attached hydrogen (secondary N) is 3. The Bertz CT molecular complexity index is 953. The number of benzene rings is 1. The first-order valence-corrected chi connectivity index (χ1v) is 9.31. The van der Waals surface area contributed by atoms with Crippen molar-refractivity contribution in [3.63, 3.8) is 0 Å². The first-order chi connectivity index (χ1) is 13.7.